The molecule has 41 heavy (non-hydrogen) atoms. The van der Waals surface area contributed by atoms with Crippen LogP contribution in [0, 0.1) is 6.92 Å². The fourth-order valence-corrected chi connectivity index (χ4v) is 5.60. The maximum Gasteiger partial charge on any atom is 0.342 e. The van der Waals surface area contributed by atoms with E-state index in [1.54, 1.807) is 43.3 Å². The molecule has 0 spiro atoms. The normalized spacial score (nSPS) is 28.0. The van der Waals surface area contributed by atoms with Crippen LogP contribution in [-0.2, 0) is 4.74 Å². The second-order valence-corrected chi connectivity index (χ2v) is 10.9. The van der Waals surface area contributed by atoms with Crippen molar-refractivity contribution in [2.24, 2.45) is 5.73 Å². The monoisotopic (exact) mass is 572 g/mol. The molecule has 1 saturated carbocycles. The summed E-state index contributed by atoms with van der Waals surface area (Å²) in [5.74, 6) is -0.782. The number of anilines is 1. The van der Waals surface area contributed by atoms with Crippen LogP contribution in [0.2, 0.25) is 0 Å². The number of ether oxygens (including phenoxy) is 2. The predicted molar refractivity (Wildman–Crippen MR) is 152 cm³/mol. The number of Topliss-reactive ketones (excluding diaryl/α,β-unsaturated/α-hetero) is 1. The lowest BCUT2D eigenvalue weighted by molar-refractivity contribution is -0.186. The number of aryl methyl sites for hydroxylation is 1. The Labute approximate surface area is 239 Å². The minimum atomic E-state index is -2.39. The van der Waals surface area contributed by atoms with Crippen LogP contribution >= 0.6 is 0 Å². The summed E-state index contributed by atoms with van der Waals surface area (Å²) in [6.07, 6.45) is -1.49. The van der Waals surface area contributed by atoms with E-state index in [4.69, 9.17) is 15.2 Å². The number of rotatable bonds is 9. The Balaban J connectivity index is 2.14. The van der Waals surface area contributed by atoms with E-state index in [-0.39, 0.29) is 17.1 Å². The summed E-state index contributed by atoms with van der Waals surface area (Å²) < 4.78 is 10.9. The van der Waals surface area contributed by atoms with Crippen molar-refractivity contribution < 1.29 is 39.2 Å². The maximum absolute atomic E-state index is 13.3. The van der Waals surface area contributed by atoms with E-state index in [0.29, 0.717) is 16.8 Å². The first kappa shape index (κ1) is 31.8. The highest BCUT2D eigenvalue weighted by Crippen LogP contribution is 2.49. The number of hydrogen-bond donors (Lipinski definition) is 6. The first-order valence-electron chi connectivity index (χ1n) is 13.1. The van der Waals surface area contributed by atoms with Gasteiger partial charge in [-0.05, 0) is 51.5 Å². The van der Waals surface area contributed by atoms with Gasteiger partial charge in [0.2, 0.25) is 0 Å². The number of amides is 2. The molecule has 7 N–H and O–H groups in total. The topological polar surface area (TPSA) is 184 Å². The zero-order valence-electron chi connectivity index (χ0n) is 24.4. The van der Waals surface area contributed by atoms with Gasteiger partial charge in [0.1, 0.15) is 29.1 Å². The van der Waals surface area contributed by atoms with Crippen LogP contribution in [0.4, 0.5) is 10.5 Å². The highest BCUT2D eigenvalue weighted by Gasteiger charge is 2.76. The van der Waals surface area contributed by atoms with Crippen molar-refractivity contribution in [3.8, 4) is 5.75 Å². The van der Waals surface area contributed by atoms with Crippen LogP contribution in [0.1, 0.15) is 47.1 Å². The molecule has 2 aromatic rings. The summed E-state index contributed by atoms with van der Waals surface area (Å²) in [6, 6.07) is 8.02. The Morgan fingerprint density at radius 1 is 1.15 bits per heavy atom. The lowest BCUT2D eigenvalue weighted by Gasteiger charge is -2.48. The van der Waals surface area contributed by atoms with Crippen molar-refractivity contribution in [1.29, 1.82) is 0 Å². The molecule has 224 valence electrons. The molecule has 2 amide bonds. The van der Waals surface area contributed by atoms with Gasteiger partial charge in [-0.2, -0.15) is 0 Å². The Bertz CT molecular complexity index is 1310. The number of nitrogens with zero attached hydrogens (tertiary/aromatic N) is 1. The zero-order valence-corrected chi connectivity index (χ0v) is 24.4. The van der Waals surface area contributed by atoms with E-state index in [9.17, 15) is 29.7 Å². The number of benzene rings is 2. The van der Waals surface area contributed by atoms with Gasteiger partial charge in [0, 0.05) is 25.3 Å². The Hall–Kier alpha value is -3.71. The minimum Gasteiger partial charge on any atom is -0.496 e. The quantitative estimate of drug-likeness (QED) is 0.188. The fourth-order valence-electron chi connectivity index (χ4n) is 5.60. The van der Waals surface area contributed by atoms with Gasteiger partial charge in [0.05, 0.1) is 25.3 Å². The molecule has 0 aromatic heterocycles. The zero-order chi connectivity index (χ0) is 30.9. The van der Waals surface area contributed by atoms with Gasteiger partial charge in [0.25, 0.3) is 0 Å². The van der Waals surface area contributed by atoms with Crippen molar-refractivity contribution in [2.45, 2.75) is 62.6 Å². The first-order chi connectivity index (χ1) is 19.0. The molecular weight excluding hydrogens is 532 g/mol. The molecule has 1 aliphatic rings. The number of hydrogen-bond acceptors (Lipinski definition) is 10. The molecule has 12 nitrogen and oxygen atoms in total. The van der Waals surface area contributed by atoms with Crippen molar-refractivity contribution in [1.82, 2.24) is 10.2 Å². The third-order valence-electron chi connectivity index (χ3n) is 8.10. The van der Waals surface area contributed by atoms with Crippen LogP contribution in [0.15, 0.2) is 42.5 Å². The molecule has 0 aliphatic heterocycles. The Morgan fingerprint density at radius 3 is 2.34 bits per heavy atom. The molecule has 0 saturated heterocycles. The van der Waals surface area contributed by atoms with E-state index >= 15 is 0 Å². The molecule has 1 aliphatic carbocycles. The largest absolute Gasteiger partial charge is 0.496 e. The van der Waals surface area contributed by atoms with Crippen LogP contribution in [0.5, 0.6) is 5.75 Å². The van der Waals surface area contributed by atoms with Gasteiger partial charge in [-0.25, -0.2) is 9.59 Å². The van der Waals surface area contributed by atoms with Crippen LogP contribution < -0.4 is 21.1 Å². The average Bonchev–Trinajstić information content (AvgIpc) is 3.03. The second kappa shape index (κ2) is 11.6. The highest BCUT2D eigenvalue weighted by atomic mass is 16.5. The molecule has 1 fully saturated rings. The van der Waals surface area contributed by atoms with Crippen LogP contribution in [0.3, 0.4) is 0 Å². The highest BCUT2D eigenvalue weighted by molar-refractivity contribution is 5.95. The number of nitrogens with one attached hydrogen (secondary N) is 2. The number of aliphatic hydroxyl groups is 3. The van der Waals surface area contributed by atoms with E-state index in [1.165, 1.54) is 52.9 Å². The van der Waals surface area contributed by atoms with Crippen molar-refractivity contribution in [3.05, 3.63) is 59.2 Å². The number of esters is 1. The Morgan fingerprint density at radius 2 is 1.78 bits per heavy atom. The SMILES string of the molecule is COc1cccc(C)c1C(=O)OCC1(O)C(Nc2cccc(C(C)=O)c2)C(N)C(NC(=O)N(C)C)(C(C)O)C1(C)O. The molecule has 6 unspecified atom stereocenters. The average molecular weight is 573 g/mol. The van der Waals surface area contributed by atoms with Gasteiger partial charge in [-0.1, -0.05) is 24.3 Å². The van der Waals surface area contributed by atoms with Gasteiger partial charge >= 0.3 is 12.0 Å². The van der Waals surface area contributed by atoms with Gasteiger partial charge < -0.3 is 46.1 Å². The Kier molecular flexibility index (Phi) is 9.04. The number of carbonyl (C=O) groups is 3. The number of aliphatic hydroxyl groups excluding tert-OH is 1. The van der Waals surface area contributed by atoms with Gasteiger partial charge in [0.15, 0.2) is 11.4 Å². The van der Waals surface area contributed by atoms with Gasteiger partial charge in [-0.15, -0.1) is 0 Å². The molecule has 2 aromatic carbocycles. The van der Waals surface area contributed by atoms with Crippen molar-refractivity contribution in [3.63, 3.8) is 0 Å². The smallest absolute Gasteiger partial charge is 0.342 e. The number of ketones is 1. The van der Waals surface area contributed by atoms with Crippen molar-refractivity contribution >= 4 is 23.5 Å². The molecule has 6 atom stereocenters. The van der Waals surface area contributed by atoms with E-state index in [1.807, 2.05) is 0 Å². The molecule has 0 heterocycles. The summed E-state index contributed by atoms with van der Waals surface area (Å²) in [4.78, 5) is 39.4. The fraction of sp³-hybridized carbons (Fsp3) is 0.483. The lowest BCUT2D eigenvalue weighted by Crippen LogP contribution is -2.76. The van der Waals surface area contributed by atoms with Crippen LogP contribution in [-0.4, -0.2) is 101 Å². The molecule has 0 bridgehead atoms. The lowest BCUT2D eigenvalue weighted by atomic mass is 9.73. The number of urea groups is 1. The van der Waals surface area contributed by atoms with E-state index in [0.717, 1.165) is 0 Å². The van der Waals surface area contributed by atoms with Crippen LogP contribution in [0.25, 0.3) is 0 Å². The summed E-state index contributed by atoms with van der Waals surface area (Å²) in [5.41, 5.74) is 1.30. The standard InChI is InChI=1S/C29H40N4O8/c1-16-10-8-13-21(40-7)22(16)25(36)41-15-28(39)24(31-20-12-9-11-19(14-20)17(2)34)23(30)29(18(3)35,27(28,4)38)32-26(37)33(5)6/h8-14,18,23-24,31,35,38-39H,15,30H2,1-7H3,(H,32,37). The number of methoxy groups -OCH3 is 1. The van der Waals surface area contributed by atoms with E-state index in [2.05, 4.69) is 10.6 Å². The first-order valence-corrected chi connectivity index (χ1v) is 13.1. The third-order valence-corrected chi connectivity index (χ3v) is 8.10. The maximum atomic E-state index is 13.3. The number of nitrogens with two attached hydrogens (primary N) is 1. The summed E-state index contributed by atoms with van der Waals surface area (Å²) in [7, 11) is 4.33. The van der Waals surface area contributed by atoms with Crippen molar-refractivity contribution in [2.75, 3.05) is 33.1 Å². The second-order valence-electron chi connectivity index (χ2n) is 10.9. The van der Waals surface area contributed by atoms with E-state index < -0.39 is 53.5 Å². The number of carbonyl (C=O) groups excluding carboxylic acids is 3. The molecular formula is C29H40N4O8. The predicted octanol–water partition coefficient (Wildman–Crippen LogP) is 1.06. The molecule has 0 radical (unpaired) electrons. The summed E-state index contributed by atoms with van der Waals surface area (Å²) >= 11 is 0. The summed E-state index contributed by atoms with van der Waals surface area (Å²) in [5, 5.41) is 41.1. The van der Waals surface area contributed by atoms with Gasteiger partial charge in [-0.3, -0.25) is 4.79 Å². The summed E-state index contributed by atoms with van der Waals surface area (Å²) in [6.45, 7) is 4.84. The molecule has 3 rings (SSSR count). The minimum absolute atomic E-state index is 0.127. The molecule has 12 heteroatoms. The third kappa shape index (κ3) is 5.35.